The Morgan fingerprint density at radius 1 is 1.25 bits per heavy atom. The number of para-hydroxylation sites is 1. The molecule has 1 aromatic carbocycles. The van der Waals surface area contributed by atoms with Crippen LogP contribution in [0, 0.1) is 0 Å². The molecule has 1 saturated heterocycles. The van der Waals surface area contributed by atoms with Crippen LogP contribution < -0.4 is 0 Å². The van der Waals surface area contributed by atoms with Crippen LogP contribution in [0.5, 0.6) is 0 Å². The first kappa shape index (κ1) is 15.4. The molecule has 2 fully saturated rings. The van der Waals surface area contributed by atoms with E-state index in [2.05, 4.69) is 10.00 Å². The minimum absolute atomic E-state index is 0.252. The van der Waals surface area contributed by atoms with E-state index in [1.807, 2.05) is 47.4 Å². The topological polar surface area (TPSA) is 47.4 Å². The monoisotopic (exact) mass is 325 g/mol. The van der Waals surface area contributed by atoms with Crippen molar-refractivity contribution >= 4 is 5.91 Å². The predicted octanol–water partition coefficient (Wildman–Crippen LogP) is 2.58. The summed E-state index contributed by atoms with van der Waals surface area (Å²) in [6.45, 7) is 1.42. The molecule has 4 rings (SSSR count). The second-order valence-corrected chi connectivity index (χ2v) is 6.62. The van der Waals surface area contributed by atoms with Gasteiger partial charge in [-0.3, -0.25) is 4.79 Å². The molecule has 126 valence electrons. The largest absolute Gasteiger partial charge is 0.374 e. The normalized spacial score (nSPS) is 23.2. The zero-order valence-corrected chi connectivity index (χ0v) is 13.8. The van der Waals surface area contributed by atoms with Gasteiger partial charge in [0.05, 0.1) is 30.6 Å². The van der Waals surface area contributed by atoms with Gasteiger partial charge < -0.3 is 9.64 Å². The van der Waals surface area contributed by atoms with E-state index in [0.29, 0.717) is 19.1 Å². The van der Waals surface area contributed by atoms with Crippen LogP contribution in [0.4, 0.5) is 0 Å². The summed E-state index contributed by atoms with van der Waals surface area (Å²) in [5.74, 6) is 0.252. The van der Waals surface area contributed by atoms with Crippen LogP contribution in [-0.2, 0) is 16.0 Å². The van der Waals surface area contributed by atoms with Crippen LogP contribution in [0.25, 0.3) is 5.69 Å². The van der Waals surface area contributed by atoms with Crippen LogP contribution in [0.15, 0.2) is 42.7 Å². The van der Waals surface area contributed by atoms with Gasteiger partial charge in [-0.05, 0) is 43.4 Å². The molecule has 24 heavy (non-hydrogen) atoms. The average molecular weight is 325 g/mol. The van der Waals surface area contributed by atoms with Crippen molar-refractivity contribution in [1.82, 2.24) is 14.7 Å². The van der Waals surface area contributed by atoms with Crippen LogP contribution in [0.2, 0.25) is 0 Å². The molecule has 0 radical (unpaired) electrons. The summed E-state index contributed by atoms with van der Waals surface area (Å²) in [6.07, 6.45) is 8.77. The first-order chi connectivity index (χ1) is 11.8. The van der Waals surface area contributed by atoms with Crippen molar-refractivity contribution in [2.45, 2.75) is 44.2 Å². The van der Waals surface area contributed by atoms with Gasteiger partial charge in [0, 0.05) is 19.2 Å². The first-order valence-electron chi connectivity index (χ1n) is 8.81. The summed E-state index contributed by atoms with van der Waals surface area (Å²) in [6, 6.07) is 10.3. The van der Waals surface area contributed by atoms with Gasteiger partial charge in [0.25, 0.3) is 0 Å². The standard InChI is InChI=1S/C19H23N3O2/c23-19(21-11-12-24-18-8-4-7-17(18)21)10-9-15-13-20-22(14-15)16-5-2-1-3-6-16/h1-3,5-6,13-14,17-18H,4,7-12H2/t17-,18+/m0/s1. The number of fused-ring (bicyclic) bond motifs is 1. The average Bonchev–Trinajstić information content (AvgIpc) is 3.29. The molecule has 0 unspecified atom stereocenters. The number of carbonyl (C=O) groups is 1. The summed E-state index contributed by atoms with van der Waals surface area (Å²) in [4.78, 5) is 14.7. The van der Waals surface area contributed by atoms with Gasteiger partial charge in [0.2, 0.25) is 5.91 Å². The fraction of sp³-hybridized carbons (Fsp3) is 0.474. The minimum Gasteiger partial charge on any atom is -0.374 e. The van der Waals surface area contributed by atoms with Gasteiger partial charge in [0.1, 0.15) is 0 Å². The number of nitrogens with zero attached hydrogens (tertiary/aromatic N) is 3. The number of rotatable bonds is 4. The Labute approximate surface area is 142 Å². The highest BCUT2D eigenvalue weighted by atomic mass is 16.5. The number of hydrogen-bond acceptors (Lipinski definition) is 3. The van der Waals surface area contributed by atoms with Gasteiger partial charge in [-0.2, -0.15) is 5.10 Å². The molecule has 2 aliphatic rings. The van der Waals surface area contributed by atoms with E-state index in [0.717, 1.165) is 37.1 Å². The number of aromatic nitrogens is 2. The van der Waals surface area contributed by atoms with Gasteiger partial charge in [-0.15, -0.1) is 0 Å². The summed E-state index contributed by atoms with van der Waals surface area (Å²) >= 11 is 0. The van der Waals surface area contributed by atoms with Gasteiger partial charge in [0.15, 0.2) is 0 Å². The SMILES string of the molecule is O=C(CCc1cnn(-c2ccccc2)c1)N1CCO[C@@H]2CCC[C@@H]21. The van der Waals surface area contributed by atoms with E-state index in [1.54, 1.807) is 0 Å². The Bertz CT molecular complexity index is 698. The highest BCUT2D eigenvalue weighted by Crippen LogP contribution is 2.30. The molecule has 0 spiro atoms. The summed E-state index contributed by atoms with van der Waals surface area (Å²) in [7, 11) is 0. The lowest BCUT2D eigenvalue weighted by Crippen LogP contribution is -2.51. The van der Waals surface area contributed by atoms with Crippen molar-refractivity contribution in [3.63, 3.8) is 0 Å². The highest BCUT2D eigenvalue weighted by molar-refractivity contribution is 5.77. The molecule has 5 heteroatoms. The molecule has 1 saturated carbocycles. The highest BCUT2D eigenvalue weighted by Gasteiger charge is 2.37. The van der Waals surface area contributed by atoms with Crippen molar-refractivity contribution in [2.24, 2.45) is 0 Å². The molecule has 1 aromatic heterocycles. The number of amides is 1. The Balaban J connectivity index is 1.37. The first-order valence-corrected chi connectivity index (χ1v) is 8.81. The Kier molecular flexibility index (Phi) is 4.34. The molecule has 2 heterocycles. The van der Waals surface area contributed by atoms with E-state index in [1.165, 1.54) is 6.42 Å². The second-order valence-electron chi connectivity index (χ2n) is 6.62. The van der Waals surface area contributed by atoms with Crippen LogP contribution in [-0.4, -0.2) is 45.9 Å². The van der Waals surface area contributed by atoms with Crippen molar-refractivity contribution in [3.05, 3.63) is 48.3 Å². The molecular formula is C19H23N3O2. The molecular weight excluding hydrogens is 302 g/mol. The number of aryl methyl sites for hydroxylation is 1. The number of ether oxygens (including phenoxy) is 1. The second kappa shape index (κ2) is 6.77. The lowest BCUT2D eigenvalue weighted by molar-refractivity contribution is -0.143. The quantitative estimate of drug-likeness (QED) is 0.868. The molecule has 2 atom stereocenters. The third-order valence-corrected chi connectivity index (χ3v) is 5.09. The molecule has 5 nitrogen and oxygen atoms in total. The van der Waals surface area contributed by atoms with Crippen molar-refractivity contribution in [1.29, 1.82) is 0 Å². The van der Waals surface area contributed by atoms with Crippen molar-refractivity contribution in [2.75, 3.05) is 13.2 Å². The molecule has 0 N–H and O–H groups in total. The maximum Gasteiger partial charge on any atom is 0.223 e. The third kappa shape index (κ3) is 3.08. The number of carbonyl (C=O) groups excluding carboxylic acids is 1. The third-order valence-electron chi connectivity index (χ3n) is 5.09. The fourth-order valence-corrected chi connectivity index (χ4v) is 3.84. The fourth-order valence-electron chi connectivity index (χ4n) is 3.84. The Hall–Kier alpha value is -2.14. The zero-order valence-electron chi connectivity index (χ0n) is 13.8. The van der Waals surface area contributed by atoms with E-state index < -0.39 is 0 Å². The van der Waals surface area contributed by atoms with E-state index in [-0.39, 0.29) is 12.0 Å². The molecule has 1 amide bonds. The Morgan fingerprint density at radius 3 is 3.00 bits per heavy atom. The molecule has 1 aliphatic heterocycles. The van der Waals surface area contributed by atoms with Crippen molar-refractivity contribution < 1.29 is 9.53 Å². The smallest absolute Gasteiger partial charge is 0.223 e. The number of hydrogen-bond donors (Lipinski definition) is 0. The summed E-state index contributed by atoms with van der Waals surface area (Å²) < 4.78 is 7.65. The molecule has 1 aliphatic carbocycles. The van der Waals surface area contributed by atoms with E-state index in [9.17, 15) is 4.79 Å². The van der Waals surface area contributed by atoms with E-state index >= 15 is 0 Å². The summed E-state index contributed by atoms with van der Waals surface area (Å²) in [5.41, 5.74) is 2.14. The lowest BCUT2D eigenvalue weighted by Gasteiger charge is -2.37. The van der Waals surface area contributed by atoms with Crippen molar-refractivity contribution in [3.8, 4) is 5.69 Å². The Morgan fingerprint density at radius 2 is 2.12 bits per heavy atom. The molecule has 0 bridgehead atoms. The van der Waals surface area contributed by atoms with E-state index in [4.69, 9.17) is 4.74 Å². The predicted molar refractivity (Wildman–Crippen MR) is 91.0 cm³/mol. The minimum atomic E-state index is 0.252. The zero-order chi connectivity index (χ0) is 16.4. The maximum absolute atomic E-state index is 12.6. The number of benzene rings is 1. The summed E-state index contributed by atoms with van der Waals surface area (Å²) in [5, 5.41) is 4.40. The van der Waals surface area contributed by atoms with Gasteiger partial charge >= 0.3 is 0 Å². The van der Waals surface area contributed by atoms with Crippen LogP contribution in [0.1, 0.15) is 31.2 Å². The van der Waals surface area contributed by atoms with Gasteiger partial charge in [-0.25, -0.2) is 4.68 Å². The van der Waals surface area contributed by atoms with Gasteiger partial charge in [-0.1, -0.05) is 18.2 Å². The lowest BCUT2D eigenvalue weighted by atomic mass is 10.1. The number of morpholine rings is 1. The van der Waals surface area contributed by atoms with Crippen LogP contribution >= 0.6 is 0 Å². The van der Waals surface area contributed by atoms with Crippen LogP contribution in [0.3, 0.4) is 0 Å². The maximum atomic E-state index is 12.6. The molecule has 2 aromatic rings.